The number of nitrogens with zero attached hydrogens (tertiary/aromatic N) is 3. The Hall–Kier alpha value is -2.45. The number of aromatic nitrogens is 1. The van der Waals surface area contributed by atoms with E-state index in [1.165, 1.54) is 0 Å². The molecule has 1 aliphatic heterocycles. The van der Waals surface area contributed by atoms with Gasteiger partial charge < -0.3 is 10.2 Å². The number of thiazole rings is 1. The summed E-state index contributed by atoms with van der Waals surface area (Å²) < 4.78 is 0. The lowest BCUT2D eigenvalue weighted by atomic mass is 10.1. The predicted octanol–water partition coefficient (Wildman–Crippen LogP) is 3.32. The number of aryl methyl sites for hydroxylation is 3. The number of nitrogens with one attached hydrogen (secondary N) is 2. The highest BCUT2D eigenvalue weighted by atomic mass is 32.1. The third-order valence-electron chi connectivity index (χ3n) is 5.20. The Bertz CT molecular complexity index is 882. The molecule has 2 heterocycles. The van der Waals surface area contributed by atoms with Gasteiger partial charge in [-0.25, -0.2) is 9.78 Å². The zero-order chi connectivity index (χ0) is 21.0. The lowest BCUT2D eigenvalue weighted by molar-refractivity contribution is -0.124. The molecule has 1 unspecified atom stereocenters. The number of hydrogen-bond acceptors (Lipinski definition) is 6. The zero-order valence-corrected chi connectivity index (χ0v) is 18.3. The van der Waals surface area contributed by atoms with Crippen LogP contribution in [0.5, 0.6) is 0 Å². The molecule has 1 saturated heterocycles. The maximum absolute atomic E-state index is 12.6. The summed E-state index contributed by atoms with van der Waals surface area (Å²) in [4.78, 5) is 33.9. The van der Waals surface area contributed by atoms with E-state index in [4.69, 9.17) is 0 Å². The average molecular weight is 416 g/mol. The van der Waals surface area contributed by atoms with Crippen LogP contribution in [0.25, 0.3) is 0 Å². The van der Waals surface area contributed by atoms with Crippen molar-refractivity contribution < 1.29 is 9.59 Å². The molecule has 156 valence electrons. The second-order valence-corrected chi connectivity index (χ2v) is 8.42. The quantitative estimate of drug-likeness (QED) is 0.801. The molecule has 0 saturated carbocycles. The summed E-state index contributed by atoms with van der Waals surface area (Å²) >= 11 is 1.66. The molecule has 3 amide bonds. The predicted molar refractivity (Wildman–Crippen MR) is 118 cm³/mol. The number of urea groups is 1. The van der Waals surface area contributed by atoms with Crippen molar-refractivity contribution in [2.75, 3.05) is 36.4 Å². The average Bonchev–Trinajstić information content (AvgIpc) is 2.96. The second kappa shape index (κ2) is 9.37. The van der Waals surface area contributed by atoms with Gasteiger partial charge in [0.2, 0.25) is 5.91 Å². The molecule has 1 fully saturated rings. The molecular weight excluding hydrogens is 386 g/mol. The van der Waals surface area contributed by atoms with E-state index in [0.29, 0.717) is 5.69 Å². The number of amides is 3. The second-order valence-electron chi connectivity index (χ2n) is 7.59. The Kier molecular flexibility index (Phi) is 6.87. The van der Waals surface area contributed by atoms with Crippen LogP contribution in [-0.2, 0) is 4.79 Å². The van der Waals surface area contributed by atoms with Crippen LogP contribution >= 0.6 is 11.3 Å². The van der Waals surface area contributed by atoms with Crippen molar-refractivity contribution in [1.82, 2.24) is 15.2 Å². The number of carbonyl (C=O) groups excluding carboxylic acids is 2. The van der Waals surface area contributed by atoms with Crippen molar-refractivity contribution in [2.24, 2.45) is 0 Å². The van der Waals surface area contributed by atoms with Crippen LogP contribution in [0, 0.1) is 20.8 Å². The van der Waals surface area contributed by atoms with Crippen LogP contribution in [0.2, 0.25) is 0 Å². The summed E-state index contributed by atoms with van der Waals surface area (Å²) in [6.07, 6.45) is 0.949. The lowest BCUT2D eigenvalue weighted by Gasteiger charge is -2.26. The monoisotopic (exact) mass is 415 g/mol. The van der Waals surface area contributed by atoms with Gasteiger partial charge in [0.15, 0.2) is 5.13 Å². The van der Waals surface area contributed by atoms with Gasteiger partial charge in [-0.2, -0.15) is 0 Å². The minimum Gasteiger partial charge on any atom is -0.347 e. The van der Waals surface area contributed by atoms with Gasteiger partial charge in [-0.3, -0.25) is 15.0 Å². The van der Waals surface area contributed by atoms with Crippen molar-refractivity contribution in [2.45, 2.75) is 40.2 Å². The smallest absolute Gasteiger partial charge is 0.325 e. The van der Waals surface area contributed by atoms with Crippen LogP contribution in [0.15, 0.2) is 23.6 Å². The molecule has 8 heteroatoms. The summed E-state index contributed by atoms with van der Waals surface area (Å²) in [5.41, 5.74) is 3.83. The number of carbonyl (C=O) groups is 2. The molecule has 29 heavy (non-hydrogen) atoms. The number of benzene rings is 1. The third-order valence-corrected chi connectivity index (χ3v) is 6.22. The zero-order valence-electron chi connectivity index (χ0n) is 17.5. The van der Waals surface area contributed by atoms with Crippen LogP contribution in [0.1, 0.15) is 30.2 Å². The first-order valence-corrected chi connectivity index (χ1v) is 10.8. The lowest BCUT2D eigenvalue weighted by Crippen LogP contribution is -2.49. The molecule has 1 aromatic carbocycles. The van der Waals surface area contributed by atoms with Gasteiger partial charge in [-0.1, -0.05) is 17.7 Å². The van der Waals surface area contributed by atoms with Gasteiger partial charge in [0, 0.05) is 37.2 Å². The Morgan fingerprint density at radius 3 is 2.62 bits per heavy atom. The Balaban J connectivity index is 1.53. The molecule has 0 bridgehead atoms. The number of imide groups is 1. The van der Waals surface area contributed by atoms with Crippen LogP contribution in [0.3, 0.4) is 0 Å². The van der Waals surface area contributed by atoms with E-state index in [9.17, 15) is 9.59 Å². The highest BCUT2D eigenvalue weighted by molar-refractivity contribution is 7.13. The molecular formula is C21H29N5O2S. The fourth-order valence-electron chi connectivity index (χ4n) is 3.49. The van der Waals surface area contributed by atoms with Gasteiger partial charge >= 0.3 is 6.03 Å². The Labute approximate surface area is 176 Å². The van der Waals surface area contributed by atoms with E-state index in [-0.39, 0.29) is 11.9 Å². The summed E-state index contributed by atoms with van der Waals surface area (Å²) in [5.74, 6) is -0.286. The molecule has 1 aliphatic rings. The van der Waals surface area contributed by atoms with Gasteiger partial charge in [-0.15, -0.1) is 11.3 Å². The Morgan fingerprint density at radius 1 is 1.14 bits per heavy atom. The topological polar surface area (TPSA) is 77.6 Å². The number of rotatable bonds is 4. The summed E-state index contributed by atoms with van der Waals surface area (Å²) in [5, 5.41) is 8.34. The molecule has 0 aliphatic carbocycles. The molecule has 7 nitrogen and oxygen atoms in total. The first-order valence-electron chi connectivity index (χ1n) is 9.93. The molecule has 2 aromatic rings. The van der Waals surface area contributed by atoms with Crippen LogP contribution < -0.4 is 15.5 Å². The molecule has 0 radical (unpaired) electrons. The largest absolute Gasteiger partial charge is 0.347 e. The summed E-state index contributed by atoms with van der Waals surface area (Å²) in [6, 6.07) is 4.90. The van der Waals surface area contributed by atoms with Crippen molar-refractivity contribution in [3.63, 3.8) is 0 Å². The minimum absolute atomic E-state index is 0.286. The first kappa shape index (κ1) is 21.3. The summed E-state index contributed by atoms with van der Waals surface area (Å²) in [7, 11) is 0. The van der Waals surface area contributed by atoms with Gasteiger partial charge in [0.25, 0.3) is 0 Å². The maximum atomic E-state index is 12.6. The fraction of sp³-hybridized carbons (Fsp3) is 0.476. The normalized spacial score (nSPS) is 16.2. The molecule has 0 spiro atoms. The Morgan fingerprint density at radius 2 is 1.93 bits per heavy atom. The first-order chi connectivity index (χ1) is 13.8. The molecule has 3 rings (SSSR count). The van der Waals surface area contributed by atoms with E-state index >= 15 is 0 Å². The van der Waals surface area contributed by atoms with E-state index in [0.717, 1.165) is 54.6 Å². The highest BCUT2D eigenvalue weighted by Crippen LogP contribution is 2.22. The number of anilines is 2. The van der Waals surface area contributed by atoms with Gasteiger partial charge in [0.05, 0.1) is 11.7 Å². The van der Waals surface area contributed by atoms with E-state index in [1.54, 1.807) is 11.3 Å². The van der Waals surface area contributed by atoms with E-state index < -0.39 is 6.03 Å². The van der Waals surface area contributed by atoms with Crippen molar-refractivity contribution in [3.8, 4) is 0 Å². The van der Waals surface area contributed by atoms with Crippen molar-refractivity contribution in [3.05, 3.63) is 40.4 Å². The fourth-order valence-corrected chi connectivity index (χ4v) is 4.35. The molecule has 1 atom stereocenters. The molecule has 2 N–H and O–H groups in total. The van der Waals surface area contributed by atoms with Crippen molar-refractivity contribution in [1.29, 1.82) is 0 Å². The SMILES string of the molecule is Cc1ccc(NC(=O)NC(=O)C(C)N2CCCN(c3nc(C)cs3)CC2)c(C)c1. The minimum atomic E-state index is -0.497. The van der Waals surface area contributed by atoms with Crippen molar-refractivity contribution >= 4 is 34.1 Å². The van der Waals surface area contributed by atoms with Crippen LogP contribution in [0.4, 0.5) is 15.6 Å². The molecule has 1 aromatic heterocycles. The highest BCUT2D eigenvalue weighted by Gasteiger charge is 2.26. The van der Waals surface area contributed by atoms with Crippen LogP contribution in [-0.4, -0.2) is 54.0 Å². The van der Waals surface area contributed by atoms with E-state index in [1.807, 2.05) is 45.9 Å². The van der Waals surface area contributed by atoms with Gasteiger partial charge in [-0.05, 0) is 45.7 Å². The van der Waals surface area contributed by atoms with Gasteiger partial charge in [0.1, 0.15) is 0 Å². The number of hydrogen-bond donors (Lipinski definition) is 2. The summed E-state index contributed by atoms with van der Waals surface area (Å²) in [6.45, 7) is 11.1. The van der Waals surface area contributed by atoms with E-state index in [2.05, 4.69) is 30.8 Å². The third kappa shape index (κ3) is 5.55. The maximum Gasteiger partial charge on any atom is 0.325 e. The standard InChI is InChI=1S/C21H29N5O2S/c1-14-6-7-18(15(2)12-14)23-20(28)24-19(27)17(4)25-8-5-9-26(11-10-25)21-22-16(3)13-29-21/h6-7,12-13,17H,5,8-11H2,1-4H3,(H2,23,24,27,28).